The third-order valence-corrected chi connectivity index (χ3v) is 3.48. The predicted octanol–water partition coefficient (Wildman–Crippen LogP) is 3.01. The molecule has 1 aliphatic rings. The summed E-state index contributed by atoms with van der Waals surface area (Å²) in [6, 6.07) is 11.0. The van der Waals surface area contributed by atoms with Crippen molar-refractivity contribution in [2.75, 3.05) is 0 Å². The summed E-state index contributed by atoms with van der Waals surface area (Å²) in [5.41, 5.74) is 2.38. The van der Waals surface area contributed by atoms with Crippen LogP contribution in [0.15, 0.2) is 24.3 Å². The molecule has 2 rings (SSSR count). The van der Waals surface area contributed by atoms with E-state index in [2.05, 4.69) is 38.2 Å². The quantitative estimate of drug-likeness (QED) is 0.839. The van der Waals surface area contributed by atoms with Crippen molar-refractivity contribution in [1.82, 2.24) is 5.32 Å². The molecule has 2 atom stereocenters. The van der Waals surface area contributed by atoms with Crippen LogP contribution in [0.1, 0.15) is 44.4 Å². The van der Waals surface area contributed by atoms with Gasteiger partial charge in [-0.05, 0) is 36.5 Å². The molecule has 0 saturated heterocycles. The summed E-state index contributed by atoms with van der Waals surface area (Å²) in [6.45, 7) is 6.72. The minimum absolute atomic E-state index is 0.320. The van der Waals surface area contributed by atoms with Crippen LogP contribution in [-0.4, -0.2) is 6.04 Å². The lowest BCUT2D eigenvalue weighted by atomic mass is 10.1. The molecule has 2 unspecified atom stereocenters. The number of rotatable bonds is 3. The van der Waals surface area contributed by atoms with Gasteiger partial charge in [0.05, 0.1) is 11.6 Å². The van der Waals surface area contributed by atoms with Crippen molar-refractivity contribution in [2.45, 2.75) is 39.3 Å². The number of nitrogens with one attached hydrogen (secondary N) is 1. The summed E-state index contributed by atoms with van der Waals surface area (Å²) in [4.78, 5) is 0. The SMILES string of the molecule is CC(NC1CC1(C)C)c1cccc(C#N)c1. The Labute approximate surface area is 97.3 Å². The zero-order valence-electron chi connectivity index (χ0n) is 10.1. The van der Waals surface area contributed by atoms with Gasteiger partial charge in [0, 0.05) is 12.1 Å². The van der Waals surface area contributed by atoms with Crippen LogP contribution in [0.5, 0.6) is 0 Å². The third-order valence-electron chi connectivity index (χ3n) is 3.48. The van der Waals surface area contributed by atoms with E-state index in [9.17, 15) is 0 Å². The minimum Gasteiger partial charge on any atom is -0.307 e. The molecule has 0 aromatic heterocycles. The van der Waals surface area contributed by atoms with Gasteiger partial charge in [0.2, 0.25) is 0 Å². The van der Waals surface area contributed by atoms with Crippen LogP contribution in [0.2, 0.25) is 0 Å². The molecule has 16 heavy (non-hydrogen) atoms. The highest BCUT2D eigenvalue weighted by Gasteiger charge is 2.45. The lowest BCUT2D eigenvalue weighted by molar-refractivity contribution is 0.492. The van der Waals surface area contributed by atoms with Crippen LogP contribution in [-0.2, 0) is 0 Å². The summed E-state index contributed by atoms with van der Waals surface area (Å²) < 4.78 is 0. The second kappa shape index (κ2) is 3.92. The maximum atomic E-state index is 8.85. The molecule has 1 aromatic carbocycles. The Balaban J connectivity index is 2.04. The summed E-state index contributed by atoms with van der Waals surface area (Å²) >= 11 is 0. The Kier molecular flexibility index (Phi) is 2.73. The van der Waals surface area contributed by atoms with E-state index >= 15 is 0 Å². The predicted molar refractivity (Wildman–Crippen MR) is 64.9 cm³/mol. The van der Waals surface area contributed by atoms with E-state index in [1.165, 1.54) is 12.0 Å². The normalized spacial score (nSPS) is 23.5. The molecule has 1 saturated carbocycles. The number of hydrogen-bond donors (Lipinski definition) is 1. The molecule has 84 valence electrons. The van der Waals surface area contributed by atoms with Gasteiger partial charge in [-0.3, -0.25) is 0 Å². The first-order chi connectivity index (χ1) is 7.53. The van der Waals surface area contributed by atoms with E-state index in [4.69, 9.17) is 5.26 Å². The first-order valence-electron chi connectivity index (χ1n) is 5.79. The van der Waals surface area contributed by atoms with Crippen molar-refractivity contribution in [3.63, 3.8) is 0 Å². The standard InChI is InChI=1S/C14H18N2/c1-10(16-13-8-14(13,2)3)12-6-4-5-11(7-12)9-15/h4-7,10,13,16H,8H2,1-3H3. The van der Waals surface area contributed by atoms with Crippen LogP contribution in [0.4, 0.5) is 0 Å². The smallest absolute Gasteiger partial charge is 0.0991 e. The monoisotopic (exact) mass is 214 g/mol. The molecule has 1 N–H and O–H groups in total. The molecule has 0 heterocycles. The minimum atomic E-state index is 0.320. The van der Waals surface area contributed by atoms with Gasteiger partial charge in [0.1, 0.15) is 0 Å². The fourth-order valence-corrected chi connectivity index (χ4v) is 2.03. The highest BCUT2D eigenvalue weighted by molar-refractivity contribution is 5.34. The van der Waals surface area contributed by atoms with E-state index in [-0.39, 0.29) is 0 Å². The summed E-state index contributed by atoms with van der Waals surface area (Å²) in [5, 5.41) is 12.5. The van der Waals surface area contributed by atoms with Gasteiger partial charge in [0.15, 0.2) is 0 Å². The number of nitrogens with zero attached hydrogens (tertiary/aromatic N) is 1. The molecule has 1 aromatic rings. The van der Waals surface area contributed by atoms with Gasteiger partial charge < -0.3 is 5.32 Å². The number of nitriles is 1. The van der Waals surface area contributed by atoms with Crippen molar-refractivity contribution in [3.05, 3.63) is 35.4 Å². The fraction of sp³-hybridized carbons (Fsp3) is 0.500. The molecule has 2 heteroatoms. The van der Waals surface area contributed by atoms with E-state index in [1.54, 1.807) is 0 Å². The zero-order chi connectivity index (χ0) is 11.8. The molecule has 2 nitrogen and oxygen atoms in total. The van der Waals surface area contributed by atoms with E-state index in [0.29, 0.717) is 17.5 Å². The van der Waals surface area contributed by atoms with Crippen LogP contribution in [0.25, 0.3) is 0 Å². The second-order valence-corrected chi connectivity index (χ2v) is 5.37. The van der Waals surface area contributed by atoms with Crippen molar-refractivity contribution >= 4 is 0 Å². The van der Waals surface area contributed by atoms with Crippen molar-refractivity contribution in [2.24, 2.45) is 5.41 Å². The molecule has 0 amide bonds. The molecular weight excluding hydrogens is 196 g/mol. The molecule has 0 spiro atoms. The molecular formula is C14H18N2. The van der Waals surface area contributed by atoms with E-state index < -0.39 is 0 Å². The summed E-state index contributed by atoms with van der Waals surface area (Å²) in [5.74, 6) is 0. The molecule has 0 radical (unpaired) electrons. The third kappa shape index (κ3) is 2.25. The molecule has 1 fully saturated rings. The van der Waals surface area contributed by atoms with E-state index in [0.717, 1.165) is 5.56 Å². The maximum Gasteiger partial charge on any atom is 0.0991 e. The van der Waals surface area contributed by atoms with Crippen LogP contribution in [0.3, 0.4) is 0 Å². The van der Waals surface area contributed by atoms with Crippen LogP contribution in [0, 0.1) is 16.7 Å². The maximum absolute atomic E-state index is 8.85. The Morgan fingerprint density at radius 2 is 2.19 bits per heavy atom. The van der Waals surface area contributed by atoms with E-state index in [1.807, 2.05) is 18.2 Å². The number of hydrogen-bond acceptors (Lipinski definition) is 2. The highest BCUT2D eigenvalue weighted by Crippen LogP contribution is 2.45. The topological polar surface area (TPSA) is 35.8 Å². The number of benzene rings is 1. The first-order valence-corrected chi connectivity index (χ1v) is 5.79. The zero-order valence-corrected chi connectivity index (χ0v) is 10.1. The summed E-state index contributed by atoms with van der Waals surface area (Å²) in [6.07, 6.45) is 1.25. The van der Waals surface area contributed by atoms with Crippen molar-refractivity contribution < 1.29 is 0 Å². The second-order valence-electron chi connectivity index (χ2n) is 5.37. The van der Waals surface area contributed by atoms with Gasteiger partial charge in [-0.15, -0.1) is 0 Å². The average Bonchev–Trinajstić information content (AvgIpc) is 2.86. The average molecular weight is 214 g/mol. The van der Waals surface area contributed by atoms with Gasteiger partial charge in [-0.1, -0.05) is 26.0 Å². The first kappa shape index (κ1) is 11.2. The molecule has 1 aliphatic carbocycles. The Hall–Kier alpha value is -1.33. The Morgan fingerprint density at radius 3 is 2.75 bits per heavy atom. The fourth-order valence-electron chi connectivity index (χ4n) is 2.03. The largest absolute Gasteiger partial charge is 0.307 e. The van der Waals surface area contributed by atoms with Gasteiger partial charge in [0.25, 0.3) is 0 Å². The summed E-state index contributed by atoms with van der Waals surface area (Å²) in [7, 11) is 0. The van der Waals surface area contributed by atoms with Crippen molar-refractivity contribution in [1.29, 1.82) is 5.26 Å². The van der Waals surface area contributed by atoms with Gasteiger partial charge >= 0.3 is 0 Å². The van der Waals surface area contributed by atoms with Gasteiger partial charge in [-0.2, -0.15) is 5.26 Å². The lowest BCUT2D eigenvalue weighted by Gasteiger charge is -2.15. The van der Waals surface area contributed by atoms with Crippen LogP contribution < -0.4 is 5.32 Å². The lowest BCUT2D eigenvalue weighted by Crippen LogP contribution is -2.24. The van der Waals surface area contributed by atoms with Gasteiger partial charge in [-0.25, -0.2) is 0 Å². The Bertz CT molecular complexity index is 429. The Morgan fingerprint density at radius 1 is 1.50 bits per heavy atom. The molecule has 0 bridgehead atoms. The molecule has 0 aliphatic heterocycles. The van der Waals surface area contributed by atoms with Crippen molar-refractivity contribution in [3.8, 4) is 6.07 Å². The highest BCUT2D eigenvalue weighted by atomic mass is 15.0. The van der Waals surface area contributed by atoms with Crippen LogP contribution >= 0.6 is 0 Å².